The zero-order valence-corrected chi connectivity index (χ0v) is 10.5. The normalized spacial score (nSPS) is 12.7. The number of ether oxygens (including phenoxy) is 1. The lowest BCUT2D eigenvalue weighted by Gasteiger charge is -2.14. The quantitative estimate of drug-likeness (QED) is 0.863. The lowest BCUT2D eigenvalue weighted by molar-refractivity contribution is 0.0809. The second-order valence-electron chi connectivity index (χ2n) is 3.50. The highest BCUT2D eigenvalue weighted by atomic mass is 79.9. The summed E-state index contributed by atoms with van der Waals surface area (Å²) in [5, 5.41) is 9.21. The highest BCUT2D eigenvalue weighted by molar-refractivity contribution is 9.10. The van der Waals surface area contributed by atoms with Crippen LogP contribution in [0.2, 0.25) is 0 Å². The summed E-state index contributed by atoms with van der Waals surface area (Å²) in [4.78, 5) is 0. The molecule has 1 unspecified atom stereocenters. The van der Waals surface area contributed by atoms with Gasteiger partial charge in [0.25, 0.3) is 0 Å². The summed E-state index contributed by atoms with van der Waals surface area (Å²) in [7, 11) is 0. The molecule has 0 spiro atoms. The summed E-state index contributed by atoms with van der Waals surface area (Å²) >= 11 is 3.50. The molecule has 0 radical (unpaired) electrons. The smallest absolute Gasteiger partial charge is 0.0519 e. The van der Waals surface area contributed by atoms with Gasteiger partial charge in [0.2, 0.25) is 0 Å². The average molecular weight is 273 g/mol. The Morgan fingerprint density at radius 3 is 2.73 bits per heavy atom. The van der Waals surface area contributed by atoms with Crippen molar-refractivity contribution in [2.24, 2.45) is 5.92 Å². The molecule has 0 aromatic heterocycles. The first-order chi connectivity index (χ1) is 7.27. The van der Waals surface area contributed by atoms with Crippen LogP contribution in [0.3, 0.4) is 0 Å². The van der Waals surface area contributed by atoms with Gasteiger partial charge in [-0.15, -0.1) is 0 Å². The van der Waals surface area contributed by atoms with Crippen LogP contribution < -0.4 is 0 Å². The van der Waals surface area contributed by atoms with E-state index in [4.69, 9.17) is 4.74 Å². The second kappa shape index (κ2) is 6.99. The molecule has 0 fully saturated rings. The number of rotatable bonds is 6. The van der Waals surface area contributed by atoms with Crippen LogP contribution in [0.25, 0.3) is 0 Å². The Morgan fingerprint density at radius 2 is 2.13 bits per heavy atom. The molecule has 84 valence electrons. The Morgan fingerprint density at radius 1 is 1.40 bits per heavy atom. The fourth-order valence-corrected chi connectivity index (χ4v) is 1.88. The summed E-state index contributed by atoms with van der Waals surface area (Å²) in [6.07, 6.45) is 0.845. The first-order valence-electron chi connectivity index (χ1n) is 5.20. The summed E-state index contributed by atoms with van der Waals surface area (Å²) in [5.74, 6) is 0.184. The van der Waals surface area contributed by atoms with Crippen molar-refractivity contribution in [2.45, 2.75) is 13.3 Å². The van der Waals surface area contributed by atoms with Gasteiger partial charge in [0, 0.05) is 23.6 Å². The minimum atomic E-state index is 0.168. The molecule has 0 aliphatic carbocycles. The van der Waals surface area contributed by atoms with Crippen LogP contribution in [0.4, 0.5) is 0 Å². The van der Waals surface area contributed by atoms with E-state index in [1.807, 2.05) is 25.1 Å². The topological polar surface area (TPSA) is 29.5 Å². The molecule has 0 amide bonds. The number of aliphatic hydroxyl groups excluding tert-OH is 1. The maximum Gasteiger partial charge on any atom is 0.0519 e. The maximum atomic E-state index is 9.21. The third-order valence-electron chi connectivity index (χ3n) is 2.28. The van der Waals surface area contributed by atoms with Crippen molar-refractivity contribution in [3.63, 3.8) is 0 Å². The van der Waals surface area contributed by atoms with Gasteiger partial charge >= 0.3 is 0 Å². The Bertz CT molecular complexity index is 289. The molecule has 0 saturated carbocycles. The maximum absolute atomic E-state index is 9.21. The highest BCUT2D eigenvalue weighted by Crippen LogP contribution is 2.19. The van der Waals surface area contributed by atoms with Crippen LogP contribution >= 0.6 is 15.9 Å². The molecule has 0 aliphatic rings. The van der Waals surface area contributed by atoms with Crippen LogP contribution in [-0.4, -0.2) is 24.9 Å². The first kappa shape index (κ1) is 12.7. The largest absolute Gasteiger partial charge is 0.396 e. The van der Waals surface area contributed by atoms with E-state index in [1.165, 1.54) is 5.56 Å². The molecular weight excluding hydrogens is 256 g/mol. The number of benzene rings is 1. The van der Waals surface area contributed by atoms with Gasteiger partial charge in [-0.3, -0.25) is 0 Å². The van der Waals surface area contributed by atoms with Gasteiger partial charge < -0.3 is 9.84 Å². The van der Waals surface area contributed by atoms with Gasteiger partial charge in [-0.25, -0.2) is 0 Å². The molecule has 1 atom stereocenters. The van der Waals surface area contributed by atoms with E-state index in [0.29, 0.717) is 13.2 Å². The average Bonchev–Trinajstić information content (AvgIpc) is 2.26. The Labute approximate surface area is 99.4 Å². The number of halogens is 1. The molecule has 1 N–H and O–H groups in total. The SMILES string of the molecule is CCOCC(CO)Cc1ccccc1Br. The lowest BCUT2D eigenvalue weighted by atomic mass is 10.0. The minimum Gasteiger partial charge on any atom is -0.396 e. The summed E-state index contributed by atoms with van der Waals surface area (Å²) in [6, 6.07) is 8.09. The van der Waals surface area contributed by atoms with Crippen LogP contribution in [-0.2, 0) is 11.2 Å². The predicted octanol–water partition coefficient (Wildman–Crippen LogP) is 2.64. The Kier molecular flexibility index (Phi) is 5.91. The third kappa shape index (κ3) is 4.33. The molecule has 1 aromatic rings. The van der Waals surface area contributed by atoms with Crippen LogP contribution in [0.1, 0.15) is 12.5 Å². The van der Waals surface area contributed by atoms with Gasteiger partial charge in [-0.1, -0.05) is 34.1 Å². The zero-order chi connectivity index (χ0) is 11.1. The predicted molar refractivity (Wildman–Crippen MR) is 64.9 cm³/mol. The van der Waals surface area contributed by atoms with Gasteiger partial charge in [0.15, 0.2) is 0 Å². The van der Waals surface area contributed by atoms with Crippen molar-refractivity contribution in [3.05, 3.63) is 34.3 Å². The molecule has 0 bridgehead atoms. The molecule has 0 heterocycles. The molecule has 3 heteroatoms. The van der Waals surface area contributed by atoms with Crippen LogP contribution in [0, 0.1) is 5.92 Å². The van der Waals surface area contributed by atoms with Gasteiger partial charge in [0.05, 0.1) is 6.61 Å². The lowest BCUT2D eigenvalue weighted by Crippen LogP contribution is -2.17. The molecule has 15 heavy (non-hydrogen) atoms. The fraction of sp³-hybridized carbons (Fsp3) is 0.500. The second-order valence-corrected chi connectivity index (χ2v) is 4.36. The summed E-state index contributed by atoms with van der Waals surface area (Å²) < 4.78 is 6.42. The Balaban J connectivity index is 2.54. The van der Waals surface area contributed by atoms with Crippen molar-refractivity contribution >= 4 is 15.9 Å². The van der Waals surface area contributed by atoms with Gasteiger partial charge in [0.1, 0.15) is 0 Å². The van der Waals surface area contributed by atoms with E-state index >= 15 is 0 Å². The molecule has 0 aliphatic heterocycles. The van der Waals surface area contributed by atoms with Crippen molar-refractivity contribution in [3.8, 4) is 0 Å². The third-order valence-corrected chi connectivity index (χ3v) is 3.06. The molecule has 1 rings (SSSR count). The van der Waals surface area contributed by atoms with E-state index in [2.05, 4.69) is 22.0 Å². The van der Waals surface area contributed by atoms with E-state index in [-0.39, 0.29) is 12.5 Å². The zero-order valence-electron chi connectivity index (χ0n) is 8.95. The molecular formula is C12H17BrO2. The highest BCUT2D eigenvalue weighted by Gasteiger charge is 2.10. The van der Waals surface area contributed by atoms with E-state index in [1.54, 1.807) is 0 Å². The summed E-state index contributed by atoms with van der Waals surface area (Å²) in [6.45, 7) is 3.45. The van der Waals surface area contributed by atoms with E-state index < -0.39 is 0 Å². The number of hydrogen-bond acceptors (Lipinski definition) is 2. The first-order valence-corrected chi connectivity index (χ1v) is 5.99. The fourth-order valence-electron chi connectivity index (χ4n) is 1.44. The molecule has 0 saturated heterocycles. The summed E-state index contributed by atoms with van der Waals surface area (Å²) in [5.41, 5.74) is 1.22. The number of hydrogen-bond donors (Lipinski definition) is 1. The van der Waals surface area contributed by atoms with Gasteiger partial charge in [-0.2, -0.15) is 0 Å². The number of aliphatic hydroxyl groups is 1. The van der Waals surface area contributed by atoms with Crippen LogP contribution in [0.15, 0.2) is 28.7 Å². The van der Waals surface area contributed by atoms with E-state index in [9.17, 15) is 5.11 Å². The van der Waals surface area contributed by atoms with Crippen molar-refractivity contribution in [1.82, 2.24) is 0 Å². The van der Waals surface area contributed by atoms with Crippen LogP contribution in [0.5, 0.6) is 0 Å². The molecule has 1 aromatic carbocycles. The molecule has 2 nitrogen and oxygen atoms in total. The minimum absolute atomic E-state index is 0.168. The van der Waals surface area contributed by atoms with Gasteiger partial charge in [-0.05, 0) is 25.0 Å². The van der Waals surface area contributed by atoms with E-state index in [0.717, 1.165) is 10.9 Å². The standard InChI is InChI=1S/C12H17BrO2/c1-2-15-9-10(8-14)7-11-5-3-4-6-12(11)13/h3-6,10,14H,2,7-9H2,1H3. The van der Waals surface area contributed by atoms with Crippen molar-refractivity contribution in [2.75, 3.05) is 19.8 Å². The Hall–Kier alpha value is -0.380. The monoisotopic (exact) mass is 272 g/mol. The van der Waals surface area contributed by atoms with Crippen molar-refractivity contribution < 1.29 is 9.84 Å². The van der Waals surface area contributed by atoms with Crippen molar-refractivity contribution in [1.29, 1.82) is 0 Å².